The number of nitrogens with zero attached hydrogens (tertiary/aromatic N) is 3. The van der Waals surface area contributed by atoms with Crippen molar-refractivity contribution < 1.29 is 68.7 Å². The van der Waals surface area contributed by atoms with Crippen LogP contribution in [0, 0.1) is 0 Å². The molecule has 1 aromatic heterocycles. The van der Waals surface area contributed by atoms with Crippen molar-refractivity contribution in [3.05, 3.63) is 113 Å². The molecule has 5 aromatic rings. The monoisotopic (exact) mass is 909 g/mol. The van der Waals surface area contributed by atoms with E-state index in [4.69, 9.17) is 23.7 Å². The third kappa shape index (κ3) is 9.39. The number of carbonyl (C=O) groups is 3. The Bertz CT molecular complexity index is 2540. The third-order valence-electron chi connectivity index (χ3n) is 11.5. The van der Waals surface area contributed by atoms with Gasteiger partial charge >= 0.3 is 12.1 Å². The van der Waals surface area contributed by atoms with E-state index in [-0.39, 0.29) is 35.2 Å². The summed E-state index contributed by atoms with van der Waals surface area (Å²) in [6, 6.07) is 20.3. The lowest BCUT2D eigenvalue weighted by Gasteiger charge is -2.39. The van der Waals surface area contributed by atoms with Gasteiger partial charge in [-0.25, -0.2) is 14.3 Å². The summed E-state index contributed by atoms with van der Waals surface area (Å²) in [5, 5.41) is 74.7. The second-order valence-corrected chi connectivity index (χ2v) is 17.3. The summed E-state index contributed by atoms with van der Waals surface area (Å²) in [6.07, 6.45) is -4.04. The number of aromatic hydroxyl groups is 2. The molecule has 0 saturated carbocycles. The van der Waals surface area contributed by atoms with Gasteiger partial charge in [-0.05, 0) is 88.4 Å². The number of anilines is 1. The summed E-state index contributed by atoms with van der Waals surface area (Å²) in [5.41, 5.74) is 1.78. The normalized spacial score (nSPS) is 20.9. The number of aromatic nitrogens is 3. The predicted octanol–water partition coefficient (Wildman–Crippen LogP) is 4.16. The van der Waals surface area contributed by atoms with E-state index in [2.05, 4.69) is 20.9 Å². The van der Waals surface area contributed by atoms with Gasteiger partial charge in [0.05, 0.1) is 25.0 Å². The lowest BCUT2D eigenvalue weighted by molar-refractivity contribution is -0.300. The molecule has 0 bridgehead atoms. The summed E-state index contributed by atoms with van der Waals surface area (Å²) >= 11 is 0. The molecule has 348 valence electrons. The second kappa shape index (κ2) is 18.7. The van der Waals surface area contributed by atoms with Crippen LogP contribution in [0.4, 0.5) is 10.5 Å². The summed E-state index contributed by atoms with van der Waals surface area (Å²) < 4.78 is 30.1. The van der Waals surface area contributed by atoms with Gasteiger partial charge in [-0.15, -0.1) is 5.10 Å². The standard InChI is InChI=1S/C47H51N5O14/c1-46(2,3)66-45(61)48-18-5-4-6-35(52-23-34(50-51-52)26-9-7-25(8-10-26)17-19-62-44-41(58)40(57)39(56)38(24-53)64-44)42(59)49-27-11-14-31-30(20-27)43(60)65-47(31)32-15-12-28(54)21-36(32)63-37-22-29(55)13-16-33(37)47/h7-16,20-23,35,38-41,44,53-58H,4-6,17-19,24H2,1-3H3,(H,48,61)(H,49,59)/t35-,38+,39+,40-,41+,44+/m0/s1. The molecule has 1 saturated heterocycles. The lowest BCUT2D eigenvalue weighted by Crippen LogP contribution is -2.59. The quantitative estimate of drug-likeness (QED) is 0.0574. The number of ether oxygens (including phenoxy) is 5. The molecular formula is C47H51N5O14. The van der Waals surface area contributed by atoms with Crippen molar-refractivity contribution in [2.24, 2.45) is 0 Å². The molecule has 0 radical (unpaired) electrons. The number of benzene rings is 4. The predicted molar refractivity (Wildman–Crippen MR) is 233 cm³/mol. The van der Waals surface area contributed by atoms with Crippen LogP contribution in [0.15, 0.2) is 85.1 Å². The Hall–Kier alpha value is -6.61. The van der Waals surface area contributed by atoms with E-state index >= 15 is 0 Å². The minimum atomic E-state index is -1.54. The highest BCUT2D eigenvalue weighted by molar-refractivity contribution is 6.00. The van der Waals surface area contributed by atoms with Crippen LogP contribution in [0.1, 0.15) is 78.7 Å². The van der Waals surface area contributed by atoms with Gasteiger partial charge < -0.3 is 65.0 Å². The number of rotatable bonds is 14. The van der Waals surface area contributed by atoms with Gasteiger partial charge in [0.2, 0.25) is 5.91 Å². The van der Waals surface area contributed by atoms with Crippen LogP contribution >= 0.6 is 0 Å². The van der Waals surface area contributed by atoms with Crippen LogP contribution in [0.25, 0.3) is 11.3 Å². The molecule has 1 fully saturated rings. The van der Waals surface area contributed by atoms with Gasteiger partial charge in [0.15, 0.2) is 11.9 Å². The zero-order valence-electron chi connectivity index (χ0n) is 36.3. The number of carbonyl (C=O) groups excluding carboxylic acids is 3. The second-order valence-electron chi connectivity index (χ2n) is 17.3. The molecule has 4 aromatic carbocycles. The summed E-state index contributed by atoms with van der Waals surface area (Å²) in [6.45, 7) is 5.15. The van der Waals surface area contributed by atoms with Crippen LogP contribution < -0.4 is 15.4 Å². The van der Waals surface area contributed by atoms with Crippen molar-refractivity contribution in [2.45, 2.75) is 94.4 Å². The smallest absolute Gasteiger partial charge is 0.407 e. The number of alkyl carbamates (subject to hydrolysis) is 1. The molecule has 0 unspecified atom stereocenters. The highest BCUT2D eigenvalue weighted by Crippen LogP contribution is 2.57. The number of phenols is 2. The fourth-order valence-corrected chi connectivity index (χ4v) is 8.26. The molecule has 8 rings (SSSR count). The molecule has 1 spiro atoms. The molecule has 19 heteroatoms. The first-order valence-corrected chi connectivity index (χ1v) is 21.5. The Kier molecular flexibility index (Phi) is 13.0. The number of fused-ring (bicyclic) bond motifs is 6. The van der Waals surface area contributed by atoms with Gasteiger partial charge in [0.25, 0.3) is 0 Å². The number of unbranched alkanes of at least 4 members (excludes halogenated alkanes) is 1. The zero-order chi connectivity index (χ0) is 46.9. The van der Waals surface area contributed by atoms with Gasteiger partial charge in [-0.2, -0.15) is 0 Å². The number of hydrogen-bond donors (Lipinski definition) is 8. The molecule has 2 amide bonds. The van der Waals surface area contributed by atoms with Crippen molar-refractivity contribution in [3.8, 4) is 34.3 Å². The Morgan fingerprint density at radius 3 is 2.23 bits per heavy atom. The Labute approximate surface area is 378 Å². The van der Waals surface area contributed by atoms with Crippen LogP contribution in [0.3, 0.4) is 0 Å². The summed E-state index contributed by atoms with van der Waals surface area (Å²) in [4.78, 5) is 40.3. The number of esters is 1. The van der Waals surface area contributed by atoms with Crippen LogP contribution in [0.5, 0.6) is 23.0 Å². The van der Waals surface area contributed by atoms with E-state index in [1.54, 1.807) is 51.2 Å². The molecular weight excluding hydrogens is 859 g/mol. The molecule has 3 aliphatic heterocycles. The van der Waals surface area contributed by atoms with Crippen LogP contribution in [-0.4, -0.2) is 120 Å². The molecule has 3 aliphatic rings. The van der Waals surface area contributed by atoms with Crippen molar-refractivity contribution in [2.75, 3.05) is 25.1 Å². The fraction of sp³-hybridized carbons (Fsp3) is 0.383. The van der Waals surface area contributed by atoms with E-state index in [9.17, 15) is 45.0 Å². The van der Waals surface area contributed by atoms with E-state index in [1.165, 1.54) is 35.0 Å². The molecule has 8 N–H and O–H groups in total. The minimum Gasteiger partial charge on any atom is -0.508 e. The van der Waals surface area contributed by atoms with Crippen molar-refractivity contribution in [1.82, 2.24) is 20.3 Å². The Balaban J connectivity index is 0.987. The summed E-state index contributed by atoms with van der Waals surface area (Å²) in [5.74, 6) is -0.787. The SMILES string of the molecule is CC(C)(C)OC(=O)NCCCC[C@@H](C(=O)Nc1ccc2c(c1)C(=O)OC21c2ccc(O)cc2Oc2cc(O)ccc21)n1cc(-c2ccc(CCO[C@@H]3O[C@H](CO)[C@@H](O)[C@H](O)[C@H]3O)cc2)nn1. The van der Waals surface area contributed by atoms with E-state index in [0.717, 1.165) is 5.56 Å². The number of aliphatic hydroxyl groups excluding tert-OH is 4. The number of nitrogens with one attached hydrogen (secondary N) is 2. The highest BCUT2D eigenvalue weighted by atomic mass is 16.7. The number of aliphatic hydroxyl groups is 4. The first-order chi connectivity index (χ1) is 31.5. The third-order valence-corrected chi connectivity index (χ3v) is 11.5. The molecule has 19 nitrogen and oxygen atoms in total. The van der Waals surface area contributed by atoms with Gasteiger partial charge in [0, 0.05) is 46.6 Å². The maximum absolute atomic E-state index is 14.3. The number of phenolic OH excluding ortho intramolecular Hbond substituents is 2. The van der Waals surface area contributed by atoms with Crippen molar-refractivity contribution in [1.29, 1.82) is 0 Å². The van der Waals surface area contributed by atoms with Crippen LogP contribution in [-0.2, 0) is 35.8 Å². The maximum Gasteiger partial charge on any atom is 0.407 e. The zero-order valence-corrected chi connectivity index (χ0v) is 36.3. The first-order valence-electron chi connectivity index (χ1n) is 21.5. The minimum absolute atomic E-state index is 0.0717. The van der Waals surface area contributed by atoms with E-state index in [0.29, 0.717) is 65.9 Å². The van der Waals surface area contributed by atoms with Crippen molar-refractivity contribution in [3.63, 3.8) is 0 Å². The number of hydrogen-bond acceptors (Lipinski definition) is 16. The fourth-order valence-electron chi connectivity index (χ4n) is 8.26. The maximum atomic E-state index is 14.3. The average Bonchev–Trinajstić information content (AvgIpc) is 3.87. The average molecular weight is 910 g/mol. The molecule has 4 heterocycles. The van der Waals surface area contributed by atoms with Gasteiger partial charge in [-0.1, -0.05) is 35.5 Å². The highest BCUT2D eigenvalue weighted by Gasteiger charge is 2.54. The topological polar surface area (TPSA) is 274 Å². The first kappa shape index (κ1) is 45.9. The Morgan fingerprint density at radius 2 is 1.56 bits per heavy atom. The Morgan fingerprint density at radius 1 is 0.879 bits per heavy atom. The van der Waals surface area contributed by atoms with Crippen molar-refractivity contribution >= 4 is 23.7 Å². The largest absolute Gasteiger partial charge is 0.508 e. The van der Waals surface area contributed by atoms with Crippen LogP contribution in [0.2, 0.25) is 0 Å². The lowest BCUT2D eigenvalue weighted by atomic mass is 9.77. The molecule has 6 atom stereocenters. The van der Waals surface area contributed by atoms with E-state index < -0.39 is 72.5 Å². The molecule has 0 aliphatic carbocycles. The van der Waals surface area contributed by atoms with E-state index in [1.807, 2.05) is 24.3 Å². The van der Waals surface area contributed by atoms with Gasteiger partial charge in [0.1, 0.15) is 64.8 Å². The molecule has 66 heavy (non-hydrogen) atoms. The summed E-state index contributed by atoms with van der Waals surface area (Å²) in [7, 11) is 0. The van der Waals surface area contributed by atoms with Gasteiger partial charge in [-0.3, -0.25) is 4.79 Å². The number of amides is 2.